The van der Waals surface area contributed by atoms with Crippen molar-refractivity contribution >= 4 is 5.91 Å². The topological polar surface area (TPSA) is 42.2 Å². The predicted molar refractivity (Wildman–Crippen MR) is 49.3 cm³/mol. The van der Waals surface area contributed by atoms with E-state index in [1.807, 2.05) is 0 Å². The van der Waals surface area contributed by atoms with Crippen LogP contribution in [0.4, 0.5) is 0 Å². The highest BCUT2D eigenvalue weighted by molar-refractivity contribution is 5.95. The first-order chi connectivity index (χ1) is 6.15. The molecule has 0 aliphatic carbocycles. The van der Waals surface area contributed by atoms with E-state index in [1.54, 1.807) is 19.9 Å². The van der Waals surface area contributed by atoms with Crippen LogP contribution in [-0.4, -0.2) is 12.5 Å². The lowest BCUT2D eigenvalue weighted by atomic mass is 10.2. The van der Waals surface area contributed by atoms with E-state index < -0.39 is 0 Å². The molecule has 13 heavy (non-hydrogen) atoms. The molecule has 0 bridgehead atoms. The largest absolute Gasteiger partial charge is 0.466 e. The Morgan fingerprint density at radius 2 is 2.38 bits per heavy atom. The maximum absolute atomic E-state index is 11.4. The lowest BCUT2D eigenvalue weighted by molar-refractivity contribution is 0.0957. The summed E-state index contributed by atoms with van der Waals surface area (Å²) in [7, 11) is 0. The van der Waals surface area contributed by atoms with Gasteiger partial charge in [-0.2, -0.15) is 0 Å². The fourth-order valence-corrected chi connectivity index (χ4v) is 1.08. The molecule has 1 N–H and O–H groups in total. The van der Waals surface area contributed by atoms with Gasteiger partial charge in [0, 0.05) is 0 Å². The third kappa shape index (κ3) is 2.12. The summed E-state index contributed by atoms with van der Waals surface area (Å²) >= 11 is 0. The molecule has 0 saturated carbocycles. The molecule has 3 heteroatoms. The van der Waals surface area contributed by atoms with Gasteiger partial charge in [0.05, 0.1) is 12.1 Å². The quantitative estimate of drug-likeness (QED) is 0.691. The maximum Gasteiger partial charge on any atom is 0.255 e. The lowest BCUT2D eigenvalue weighted by Crippen LogP contribution is -2.23. The Bertz CT molecular complexity index is 357. The smallest absolute Gasteiger partial charge is 0.255 e. The Morgan fingerprint density at radius 3 is 2.85 bits per heavy atom. The van der Waals surface area contributed by atoms with Crippen LogP contribution in [-0.2, 0) is 0 Å². The number of hydrogen-bond donors (Lipinski definition) is 1. The van der Waals surface area contributed by atoms with Crippen LogP contribution < -0.4 is 5.32 Å². The average Bonchev–Trinajstić information content (AvgIpc) is 2.41. The predicted octanol–water partition coefficient (Wildman–Crippen LogP) is 1.26. The van der Waals surface area contributed by atoms with Crippen molar-refractivity contribution in [3.8, 4) is 12.3 Å². The molecule has 68 valence electrons. The van der Waals surface area contributed by atoms with Crippen LogP contribution >= 0.6 is 0 Å². The molecule has 1 heterocycles. The second-order valence-electron chi connectivity index (χ2n) is 2.71. The molecule has 3 nitrogen and oxygen atoms in total. The Hall–Kier alpha value is -1.69. The van der Waals surface area contributed by atoms with Gasteiger partial charge >= 0.3 is 0 Å². The zero-order chi connectivity index (χ0) is 9.84. The number of amides is 1. The van der Waals surface area contributed by atoms with E-state index in [0.29, 0.717) is 11.3 Å². The molecule has 0 aliphatic rings. The van der Waals surface area contributed by atoms with Crippen LogP contribution in [0.25, 0.3) is 0 Å². The van der Waals surface area contributed by atoms with Crippen LogP contribution in [0.1, 0.15) is 21.9 Å². The standard InChI is InChI=1S/C10H11NO2/c1-4-5-11-10(12)9-6-7(2)13-8(9)3/h1,6H,5H2,2-3H3,(H,11,12). The minimum atomic E-state index is -0.188. The van der Waals surface area contributed by atoms with Gasteiger partial charge in [-0.3, -0.25) is 4.79 Å². The minimum absolute atomic E-state index is 0.188. The number of carbonyl (C=O) groups excluding carboxylic acids is 1. The van der Waals surface area contributed by atoms with Gasteiger partial charge in [-0.05, 0) is 19.9 Å². The van der Waals surface area contributed by atoms with Crippen molar-refractivity contribution in [1.82, 2.24) is 5.32 Å². The Morgan fingerprint density at radius 1 is 1.69 bits per heavy atom. The summed E-state index contributed by atoms with van der Waals surface area (Å²) in [6, 6.07) is 1.70. The molecule has 1 rings (SSSR count). The van der Waals surface area contributed by atoms with Gasteiger partial charge < -0.3 is 9.73 Å². The van der Waals surface area contributed by atoms with Crippen LogP contribution in [0.15, 0.2) is 10.5 Å². The van der Waals surface area contributed by atoms with E-state index in [1.165, 1.54) is 0 Å². The van der Waals surface area contributed by atoms with E-state index in [4.69, 9.17) is 10.8 Å². The van der Waals surface area contributed by atoms with Gasteiger partial charge in [0.25, 0.3) is 5.91 Å². The van der Waals surface area contributed by atoms with Crippen LogP contribution in [0.5, 0.6) is 0 Å². The molecule has 0 aliphatic heterocycles. The number of hydrogen-bond acceptors (Lipinski definition) is 2. The second kappa shape index (κ2) is 3.81. The van der Waals surface area contributed by atoms with Crippen LogP contribution in [0.2, 0.25) is 0 Å². The average molecular weight is 177 g/mol. The summed E-state index contributed by atoms with van der Waals surface area (Å²) in [5.74, 6) is 3.49. The van der Waals surface area contributed by atoms with Crippen LogP contribution in [0.3, 0.4) is 0 Å². The van der Waals surface area contributed by atoms with E-state index >= 15 is 0 Å². The normalized spacial score (nSPS) is 9.31. The van der Waals surface area contributed by atoms with E-state index in [2.05, 4.69) is 11.2 Å². The summed E-state index contributed by atoms with van der Waals surface area (Å²) < 4.78 is 5.20. The van der Waals surface area contributed by atoms with Gasteiger partial charge in [0.15, 0.2) is 0 Å². The van der Waals surface area contributed by atoms with Crippen LogP contribution in [0, 0.1) is 26.2 Å². The first-order valence-electron chi connectivity index (χ1n) is 3.94. The Kier molecular flexibility index (Phi) is 2.76. The second-order valence-corrected chi connectivity index (χ2v) is 2.71. The van der Waals surface area contributed by atoms with E-state index in [9.17, 15) is 4.79 Å². The molecule has 1 amide bonds. The highest BCUT2D eigenvalue weighted by Crippen LogP contribution is 2.12. The molecule has 0 aromatic carbocycles. The third-order valence-electron chi connectivity index (χ3n) is 1.64. The highest BCUT2D eigenvalue weighted by atomic mass is 16.3. The van der Waals surface area contributed by atoms with Crippen molar-refractivity contribution in [1.29, 1.82) is 0 Å². The lowest BCUT2D eigenvalue weighted by Gasteiger charge is -1.97. The summed E-state index contributed by atoms with van der Waals surface area (Å²) in [5, 5.41) is 2.57. The Labute approximate surface area is 77.1 Å². The highest BCUT2D eigenvalue weighted by Gasteiger charge is 2.11. The summed E-state index contributed by atoms with van der Waals surface area (Å²) in [6.07, 6.45) is 5.01. The maximum atomic E-state index is 11.4. The van der Waals surface area contributed by atoms with Crippen molar-refractivity contribution in [3.05, 3.63) is 23.2 Å². The molecule has 1 aromatic heterocycles. The molecule has 0 saturated heterocycles. The number of aryl methyl sites for hydroxylation is 2. The molecule has 0 fully saturated rings. The molecule has 0 unspecified atom stereocenters. The van der Waals surface area contributed by atoms with Gasteiger partial charge in [-0.1, -0.05) is 5.92 Å². The SMILES string of the molecule is C#CCNC(=O)c1cc(C)oc1C. The Balaban J connectivity index is 2.78. The first kappa shape index (κ1) is 9.40. The summed E-state index contributed by atoms with van der Waals surface area (Å²) in [5.41, 5.74) is 0.549. The van der Waals surface area contributed by atoms with Gasteiger partial charge in [0.2, 0.25) is 0 Å². The number of nitrogens with one attached hydrogen (secondary N) is 1. The van der Waals surface area contributed by atoms with E-state index in [-0.39, 0.29) is 12.5 Å². The summed E-state index contributed by atoms with van der Waals surface area (Å²) in [4.78, 5) is 11.4. The zero-order valence-corrected chi connectivity index (χ0v) is 7.68. The molecule has 0 atom stereocenters. The van der Waals surface area contributed by atoms with Gasteiger partial charge in [0.1, 0.15) is 11.5 Å². The van der Waals surface area contributed by atoms with Crippen molar-refractivity contribution in [2.75, 3.05) is 6.54 Å². The third-order valence-corrected chi connectivity index (χ3v) is 1.64. The molecular formula is C10H11NO2. The number of furan rings is 1. The number of carbonyl (C=O) groups is 1. The zero-order valence-electron chi connectivity index (χ0n) is 7.68. The molecule has 0 radical (unpaired) electrons. The molecular weight excluding hydrogens is 166 g/mol. The first-order valence-corrected chi connectivity index (χ1v) is 3.94. The monoisotopic (exact) mass is 177 g/mol. The van der Waals surface area contributed by atoms with Gasteiger partial charge in [-0.15, -0.1) is 6.42 Å². The summed E-state index contributed by atoms with van der Waals surface area (Å²) in [6.45, 7) is 3.78. The fourth-order valence-electron chi connectivity index (χ4n) is 1.08. The van der Waals surface area contributed by atoms with Crippen molar-refractivity contribution < 1.29 is 9.21 Å². The number of terminal acetylenes is 1. The van der Waals surface area contributed by atoms with Crippen molar-refractivity contribution in [2.45, 2.75) is 13.8 Å². The van der Waals surface area contributed by atoms with Crippen molar-refractivity contribution in [3.63, 3.8) is 0 Å². The van der Waals surface area contributed by atoms with E-state index in [0.717, 1.165) is 5.76 Å². The molecule has 1 aromatic rings. The molecule has 0 spiro atoms. The number of rotatable bonds is 2. The minimum Gasteiger partial charge on any atom is -0.466 e. The van der Waals surface area contributed by atoms with Crippen molar-refractivity contribution in [2.24, 2.45) is 0 Å². The van der Waals surface area contributed by atoms with Gasteiger partial charge in [-0.25, -0.2) is 0 Å². The fraction of sp³-hybridized carbons (Fsp3) is 0.300.